The number of amides is 1. The molecule has 0 fully saturated rings. The molecular weight excluding hydrogens is 324 g/mol. The van der Waals surface area contributed by atoms with Gasteiger partial charge in [-0.1, -0.05) is 42.5 Å². The summed E-state index contributed by atoms with van der Waals surface area (Å²) in [7, 11) is 0. The van der Waals surface area contributed by atoms with E-state index in [0.717, 1.165) is 28.1 Å². The van der Waals surface area contributed by atoms with Gasteiger partial charge in [0.1, 0.15) is 11.8 Å². The molecule has 0 saturated carbocycles. The van der Waals surface area contributed by atoms with Crippen LogP contribution in [0.25, 0.3) is 0 Å². The molecule has 0 bridgehead atoms. The molecule has 1 heterocycles. The first kappa shape index (κ1) is 18.0. The molecular formula is C22H24N2O2. The lowest BCUT2D eigenvalue weighted by molar-refractivity contribution is -0.118. The maximum absolute atomic E-state index is 13.1. The average molecular weight is 348 g/mol. The van der Waals surface area contributed by atoms with E-state index in [1.54, 1.807) is 6.26 Å². The van der Waals surface area contributed by atoms with Crippen LogP contribution in [0.5, 0.6) is 0 Å². The molecule has 26 heavy (non-hydrogen) atoms. The lowest BCUT2D eigenvalue weighted by Crippen LogP contribution is -2.34. The zero-order valence-corrected chi connectivity index (χ0v) is 15.3. The van der Waals surface area contributed by atoms with E-state index in [2.05, 4.69) is 10.6 Å². The number of furan rings is 1. The molecule has 4 nitrogen and oxygen atoms in total. The van der Waals surface area contributed by atoms with Crippen molar-refractivity contribution < 1.29 is 9.21 Å². The number of benzene rings is 2. The number of anilines is 1. The van der Waals surface area contributed by atoms with Crippen molar-refractivity contribution in [1.29, 1.82) is 0 Å². The fraction of sp³-hybridized carbons (Fsp3) is 0.227. The zero-order valence-electron chi connectivity index (χ0n) is 15.3. The van der Waals surface area contributed by atoms with E-state index >= 15 is 0 Å². The third-order valence-electron chi connectivity index (χ3n) is 4.43. The summed E-state index contributed by atoms with van der Waals surface area (Å²) in [4.78, 5) is 13.1. The number of nitrogens with one attached hydrogen (secondary N) is 2. The van der Waals surface area contributed by atoms with Crippen LogP contribution in [0, 0.1) is 13.8 Å². The van der Waals surface area contributed by atoms with Crippen LogP contribution in [0.15, 0.2) is 71.3 Å². The maximum Gasteiger partial charge on any atom is 0.246 e. The number of hydrogen-bond acceptors (Lipinski definition) is 3. The molecule has 0 saturated heterocycles. The molecule has 0 unspecified atom stereocenters. The Kier molecular flexibility index (Phi) is 5.54. The van der Waals surface area contributed by atoms with Crippen LogP contribution in [0.1, 0.15) is 41.5 Å². The quantitative estimate of drug-likeness (QED) is 0.664. The summed E-state index contributed by atoms with van der Waals surface area (Å²) in [5, 5.41) is 6.45. The van der Waals surface area contributed by atoms with E-state index in [1.807, 2.05) is 81.4 Å². The highest BCUT2D eigenvalue weighted by Gasteiger charge is 2.24. The van der Waals surface area contributed by atoms with Crippen LogP contribution in [0.4, 0.5) is 5.69 Å². The minimum absolute atomic E-state index is 0.0942. The van der Waals surface area contributed by atoms with Gasteiger partial charge < -0.3 is 9.73 Å². The Morgan fingerprint density at radius 1 is 1.00 bits per heavy atom. The van der Waals surface area contributed by atoms with Crippen molar-refractivity contribution in [2.75, 3.05) is 5.32 Å². The van der Waals surface area contributed by atoms with Crippen molar-refractivity contribution >= 4 is 11.6 Å². The number of carbonyl (C=O) groups excluding carboxylic acids is 1. The molecule has 0 aliphatic rings. The Hall–Kier alpha value is -2.85. The zero-order chi connectivity index (χ0) is 18.5. The highest BCUT2D eigenvalue weighted by atomic mass is 16.3. The largest absolute Gasteiger partial charge is 0.468 e. The molecule has 0 spiro atoms. The average Bonchev–Trinajstić information content (AvgIpc) is 3.18. The lowest BCUT2D eigenvalue weighted by atomic mass is 10.0. The van der Waals surface area contributed by atoms with E-state index < -0.39 is 6.04 Å². The van der Waals surface area contributed by atoms with Crippen LogP contribution < -0.4 is 10.6 Å². The fourth-order valence-electron chi connectivity index (χ4n) is 2.91. The predicted molar refractivity (Wildman–Crippen MR) is 104 cm³/mol. The molecule has 2 N–H and O–H groups in total. The van der Waals surface area contributed by atoms with Crippen molar-refractivity contribution in [2.24, 2.45) is 0 Å². The summed E-state index contributed by atoms with van der Waals surface area (Å²) in [6, 6.07) is 18.9. The van der Waals surface area contributed by atoms with Gasteiger partial charge in [-0.3, -0.25) is 10.1 Å². The highest BCUT2D eigenvalue weighted by molar-refractivity contribution is 5.96. The number of aryl methyl sites for hydroxylation is 2. The van der Waals surface area contributed by atoms with E-state index in [0.29, 0.717) is 0 Å². The van der Waals surface area contributed by atoms with Crippen LogP contribution in [-0.2, 0) is 4.79 Å². The van der Waals surface area contributed by atoms with Gasteiger partial charge in [-0.15, -0.1) is 0 Å². The minimum atomic E-state index is -0.490. The van der Waals surface area contributed by atoms with Crippen molar-refractivity contribution in [3.63, 3.8) is 0 Å². The first-order valence-electron chi connectivity index (χ1n) is 8.77. The van der Waals surface area contributed by atoms with Gasteiger partial charge >= 0.3 is 0 Å². The van der Waals surface area contributed by atoms with E-state index in [9.17, 15) is 4.79 Å². The van der Waals surface area contributed by atoms with Gasteiger partial charge in [0.15, 0.2) is 0 Å². The Bertz CT molecular complexity index is 857. The van der Waals surface area contributed by atoms with Crippen LogP contribution >= 0.6 is 0 Å². The van der Waals surface area contributed by atoms with Gasteiger partial charge in [0.25, 0.3) is 0 Å². The van der Waals surface area contributed by atoms with Gasteiger partial charge in [-0.05, 0) is 55.7 Å². The summed E-state index contributed by atoms with van der Waals surface area (Å²) >= 11 is 0. The second-order valence-corrected chi connectivity index (χ2v) is 6.56. The standard InChI is InChI=1S/C22H24N2O2/c1-15-11-12-16(2)19(14-15)24-22(25)21(18-8-5-4-6-9-18)23-17(3)20-10-7-13-26-20/h4-14,17,21,23H,1-3H3,(H,24,25)/t17-,21+/m1/s1. The molecule has 2 aromatic carbocycles. The molecule has 0 radical (unpaired) electrons. The number of carbonyl (C=O) groups is 1. The summed E-state index contributed by atoms with van der Waals surface area (Å²) in [5.74, 6) is 0.703. The Morgan fingerprint density at radius 2 is 1.77 bits per heavy atom. The summed E-state index contributed by atoms with van der Waals surface area (Å²) in [6.07, 6.45) is 1.64. The maximum atomic E-state index is 13.1. The normalized spacial score (nSPS) is 13.2. The molecule has 134 valence electrons. The molecule has 3 aromatic rings. The smallest absolute Gasteiger partial charge is 0.246 e. The van der Waals surface area contributed by atoms with Crippen LogP contribution in [0.2, 0.25) is 0 Å². The third kappa shape index (κ3) is 4.21. The molecule has 2 atom stereocenters. The second kappa shape index (κ2) is 8.02. The minimum Gasteiger partial charge on any atom is -0.468 e. The monoisotopic (exact) mass is 348 g/mol. The lowest BCUT2D eigenvalue weighted by Gasteiger charge is -2.23. The molecule has 0 aliphatic heterocycles. The van der Waals surface area contributed by atoms with Gasteiger partial charge in [-0.25, -0.2) is 0 Å². The highest BCUT2D eigenvalue weighted by Crippen LogP contribution is 2.23. The Labute approximate surface area is 154 Å². The van der Waals surface area contributed by atoms with Crippen LogP contribution in [0.3, 0.4) is 0 Å². The molecule has 3 rings (SSSR count). The van der Waals surface area contributed by atoms with Crippen molar-refractivity contribution in [2.45, 2.75) is 32.9 Å². The molecule has 1 aromatic heterocycles. The summed E-state index contributed by atoms with van der Waals surface area (Å²) < 4.78 is 5.47. The first-order valence-corrected chi connectivity index (χ1v) is 8.77. The molecule has 1 amide bonds. The SMILES string of the molecule is Cc1ccc(C)c(NC(=O)[C@@H](N[C@H](C)c2ccco2)c2ccccc2)c1. The first-order chi connectivity index (χ1) is 12.5. The van der Waals surface area contributed by atoms with Crippen molar-refractivity contribution in [3.8, 4) is 0 Å². The summed E-state index contributed by atoms with van der Waals surface area (Å²) in [5.41, 5.74) is 3.89. The molecule has 4 heteroatoms. The van der Waals surface area contributed by atoms with Crippen LogP contribution in [-0.4, -0.2) is 5.91 Å². The van der Waals surface area contributed by atoms with Gasteiger partial charge in [0.2, 0.25) is 5.91 Å². The van der Waals surface area contributed by atoms with Gasteiger partial charge in [0, 0.05) is 5.69 Å². The van der Waals surface area contributed by atoms with Gasteiger partial charge in [0.05, 0.1) is 12.3 Å². The van der Waals surface area contributed by atoms with Gasteiger partial charge in [-0.2, -0.15) is 0 Å². The predicted octanol–water partition coefficient (Wildman–Crippen LogP) is 4.93. The summed E-state index contributed by atoms with van der Waals surface area (Å²) in [6.45, 7) is 5.99. The molecule has 0 aliphatic carbocycles. The van der Waals surface area contributed by atoms with Crippen molar-refractivity contribution in [3.05, 3.63) is 89.4 Å². The van der Waals surface area contributed by atoms with E-state index in [-0.39, 0.29) is 11.9 Å². The number of rotatable bonds is 6. The third-order valence-corrected chi connectivity index (χ3v) is 4.43. The van der Waals surface area contributed by atoms with E-state index in [4.69, 9.17) is 4.42 Å². The second-order valence-electron chi connectivity index (χ2n) is 6.56. The fourth-order valence-corrected chi connectivity index (χ4v) is 2.91. The topological polar surface area (TPSA) is 54.3 Å². The number of hydrogen-bond donors (Lipinski definition) is 2. The Morgan fingerprint density at radius 3 is 2.46 bits per heavy atom. The van der Waals surface area contributed by atoms with E-state index in [1.165, 1.54) is 0 Å². The Balaban J connectivity index is 1.85. The van der Waals surface area contributed by atoms with Crippen molar-refractivity contribution in [1.82, 2.24) is 5.32 Å².